The van der Waals surface area contributed by atoms with E-state index in [0.717, 1.165) is 31.3 Å². The molecule has 0 N–H and O–H groups in total. The molecule has 0 heterocycles. The Kier molecular flexibility index (Phi) is 19.7. The van der Waals surface area contributed by atoms with Gasteiger partial charge in [-0.2, -0.15) is 0 Å². The van der Waals surface area contributed by atoms with Gasteiger partial charge in [-0.15, -0.1) is 0 Å². The summed E-state index contributed by atoms with van der Waals surface area (Å²) in [5.74, 6) is -0.0246. The Labute approximate surface area is 164 Å². The van der Waals surface area contributed by atoms with Crippen LogP contribution in [0, 0.1) is 0 Å². The number of carbonyl (C=O) groups is 1. The topological polar surface area (TPSA) is 29.4 Å². The van der Waals surface area contributed by atoms with Crippen LogP contribution in [-0.4, -0.2) is 12.1 Å². The summed E-state index contributed by atoms with van der Waals surface area (Å²) in [6.07, 6.45) is 25.6. The molecule has 0 unspecified atom stereocenters. The summed E-state index contributed by atoms with van der Waals surface area (Å²) in [5, 5.41) is 0. The molecule has 2 heteroatoms. The van der Waals surface area contributed by atoms with E-state index in [1.807, 2.05) is 6.92 Å². The van der Waals surface area contributed by atoms with Crippen molar-refractivity contribution in [2.45, 2.75) is 130 Å². The highest BCUT2D eigenvalue weighted by molar-refractivity contribution is 5.98. The van der Waals surface area contributed by atoms with Gasteiger partial charge in [0, 0.05) is 11.8 Å². The van der Waals surface area contributed by atoms with Gasteiger partial charge in [-0.05, 0) is 25.7 Å². The number of amides is 1. The number of hydrogen-bond acceptors (Lipinski definition) is 1. The van der Waals surface area contributed by atoms with Crippen molar-refractivity contribution in [1.29, 1.82) is 0 Å². The first kappa shape index (κ1) is 25.1. The standard InChI is InChI=1S/C24H45NO/c1-4-7-8-9-10-11-12-13-14-15-16-17-18-19-21-23(20-5-2)24(26)25-22-6-3/h20,22H,4-19,21H2,1-3H3/b23-20+,25-22?. The molecule has 0 aliphatic carbocycles. The molecule has 1 amide bonds. The molecule has 0 aliphatic heterocycles. The quantitative estimate of drug-likeness (QED) is 0.137. The highest BCUT2D eigenvalue weighted by Gasteiger charge is 2.06. The van der Waals surface area contributed by atoms with Gasteiger partial charge in [-0.3, -0.25) is 4.79 Å². The van der Waals surface area contributed by atoms with Crippen molar-refractivity contribution in [1.82, 2.24) is 0 Å². The first-order valence-electron chi connectivity index (χ1n) is 11.5. The predicted octanol–water partition coefficient (Wildman–Crippen LogP) is 8.20. The van der Waals surface area contributed by atoms with Crippen LogP contribution >= 0.6 is 0 Å². The van der Waals surface area contributed by atoms with Crippen molar-refractivity contribution >= 4 is 12.1 Å². The zero-order valence-electron chi connectivity index (χ0n) is 18.0. The maximum absolute atomic E-state index is 12.0. The molecular formula is C24H45NO. The Morgan fingerprint density at radius 3 is 1.54 bits per heavy atom. The number of aliphatic imine (C=N–C) groups is 1. The van der Waals surface area contributed by atoms with E-state index in [0.29, 0.717) is 0 Å². The van der Waals surface area contributed by atoms with E-state index in [4.69, 9.17) is 0 Å². The second kappa shape index (κ2) is 20.4. The summed E-state index contributed by atoms with van der Waals surface area (Å²) in [6, 6.07) is 0. The lowest BCUT2D eigenvalue weighted by Crippen LogP contribution is -2.00. The molecule has 0 aliphatic rings. The average molecular weight is 364 g/mol. The van der Waals surface area contributed by atoms with Crippen molar-refractivity contribution in [3.8, 4) is 0 Å². The number of rotatable bonds is 18. The molecule has 0 saturated carbocycles. The Balaban J connectivity index is 3.50. The molecule has 0 radical (unpaired) electrons. The Morgan fingerprint density at radius 1 is 0.654 bits per heavy atom. The van der Waals surface area contributed by atoms with Crippen molar-refractivity contribution in [2.75, 3.05) is 0 Å². The monoisotopic (exact) mass is 363 g/mol. The molecule has 0 rings (SSSR count). The van der Waals surface area contributed by atoms with E-state index < -0.39 is 0 Å². The fourth-order valence-corrected chi connectivity index (χ4v) is 3.31. The first-order valence-corrected chi connectivity index (χ1v) is 11.5. The van der Waals surface area contributed by atoms with Gasteiger partial charge in [0.25, 0.3) is 5.91 Å². The fourth-order valence-electron chi connectivity index (χ4n) is 3.31. The molecule has 0 saturated heterocycles. The van der Waals surface area contributed by atoms with E-state index in [1.165, 1.54) is 83.5 Å². The van der Waals surface area contributed by atoms with Crippen molar-refractivity contribution in [3.63, 3.8) is 0 Å². The second-order valence-corrected chi connectivity index (χ2v) is 7.51. The summed E-state index contributed by atoms with van der Waals surface area (Å²) >= 11 is 0. The maximum Gasteiger partial charge on any atom is 0.272 e. The lowest BCUT2D eigenvalue weighted by Gasteiger charge is -2.05. The highest BCUT2D eigenvalue weighted by atomic mass is 16.1. The van der Waals surface area contributed by atoms with Gasteiger partial charge in [-0.1, -0.05) is 110 Å². The fraction of sp³-hybridized carbons (Fsp3) is 0.833. The number of unbranched alkanes of at least 4 members (excludes halogenated alkanes) is 13. The van der Waals surface area contributed by atoms with Gasteiger partial charge in [0.05, 0.1) is 0 Å². The van der Waals surface area contributed by atoms with E-state index >= 15 is 0 Å². The van der Waals surface area contributed by atoms with E-state index in [2.05, 4.69) is 24.9 Å². The van der Waals surface area contributed by atoms with Crippen LogP contribution in [0.3, 0.4) is 0 Å². The van der Waals surface area contributed by atoms with Crippen LogP contribution in [0.15, 0.2) is 16.6 Å². The molecule has 0 aromatic carbocycles. The normalized spacial score (nSPS) is 12.2. The molecule has 2 nitrogen and oxygen atoms in total. The van der Waals surface area contributed by atoms with Gasteiger partial charge in [-0.25, -0.2) is 4.99 Å². The van der Waals surface area contributed by atoms with Crippen LogP contribution in [0.2, 0.25) is 0 Å². The summed E-state index contributed by atoms with van der Waals surface area (Å²) in [6.45, 7) is 6.37. The minimum absolute atomic E-state index is 0.0246. The van der Waals surface area contributed by atoms with Gasteiger partial charge >= 0.3 is 0 Å². The third-order valence-corrected chi connectivity index (χ3v) is 4.92. The maximum atomic E-state index is 12.0. The van der Waals surface area contributed by atoms with Crippen LogP contribution in [0.4, 0.5) is 0 Å². The number of nitrogens with zero attached hydrogens (tertiary/aromatic N) is 1. The molecule has 0 atom stereocenters. The van der Waals surface area contributed by atoms with Crippen LogP contribution in [0.1, 0.15) is 130 Å². The van der Waals surface area contributed by atoms with Crippen molar-refractivity contribution < 1.29 is 4.79 Å². The third-order valence-electron chi connectivity index (χ3n) is 4.92. The summed E-state index contributed by atoms with van der Waals surface area (Å²) in [4.78, 5) is 16.0. The number of carbonyl (C=O) groups excluding carboxylic acids is 1. The summed E-state index contributed by atoms with van der Waals surface area (Å²) < 4.78 is 0. The predicted molar refractivity (Wildman–Crippen MR) is 117 cm³/mol. The van der Waals surface area contributed by atoms with E-state index in [9.17, 15) is 4.79 Å². The first-order chi connectivity index (χ1) is 12.8. The lowest BCUT2D eigenvalue weighted by atomic mass is 10.0. The minimum Gasteiger partial charge on any atom is -0.267 e. The molecule has 0 aromatic rings. The summed E-state index contributed by atoms with van der Waals surface area (Å²) in [7, 11) is 0. The Bertz CT molecular complexity index is 370. The molecule has 152 valence electrons. The van der Waals surface area contributed by atoms with Gasteiger partial charge in [0.15, 0.2) is 0 Å². The molecule has 0 fully saturated rings. The smallest absolute Gasteiger partial charge is 0.267 e. The molecule has 0 bridgehead atoms. The third kappa shape index (κ3) is 16.5. The highest BCUT2D eigenvalue weighted by Crippen LogP contribution is 2.15. The van der Waals surface area contributed by atoms with Crippen LogP contribution in [0.25, 0.3) is 0 Å². The second-order valence-electron chi connectivity index (χ2n) is 7.51. The Hall–Kier alpha value is -0.920. The van der Waals surface area contributed by atoms with Crippen LogP contribution < -0.4 is 0 Å². The largest absolute Gasteiger partial charge is 0.272 e. The average Bonchev–Trinajstić information content (AvgIpc) is 2.65. The van der Waals surface area contributed by atoms with E-state index in [-0.39, 0.29) is 5.91 Å². The van der Waals surface area contributed by atoms with Crippen molar-refractivity contribution in [2.24, 2.45) is 4.99 Å². The molecule has 26 heavy (non-hydrogen) atoms. The molecule has 0 spiro atoms. The Morgan fingerprint density at radius 2 is 1.12 bits per heavy atom. The summed E-state index contributed by atoms with van der Waals surface area (Å²) in [5.41, 5.74) is 0.913. The lowest BCUT2D eigenvalue weighted by molar-refractivity contribution is -0.114. The van der Waals surface area contributed by atoms with Crippen LogP contribution in [0.5, 0.6) is 0 Å². The molecular weight excluding hydrogens is 318 g/mol. The minimum atomic E-state index is -0.0246. The number of allylic oxidation sites excluding steroid dienone is 1. The zero-order valence-corrected chi connectivity index (χ0v) is 18.0. The van der Waals surface area contributed by atoms with E-state index in [1.54, 1.807) is 6.21 Å². The van der Waals surface area contributed by atoms with Gasteiger partial charge in [0.1, 0.15) is 0 Å². The SMILES string of the molecule is CCC=NC(=O)/C(=C/CC)CCCCCCCCCCCCCCCC. The van der Waals surface area contributed by atoms with Gasteiger partial charge in [0.2, 0.25) is 0 Å². The zero-order chi connectivity index (χ0) is 19.3. The van der Waals surface area contributed by atoms with Crippen molar-refractivity contribution in [3.05, 3.63) is 11.6 Å². The molecule has 0 aromatic heterocycles. The van der Waals surface area contributed by atoms with Gasteiger partial charge < -0.3 is 0 Å². The van der Waals surface area contributed by atoms with Crippen LogP contribution in [-0.2, 0) is 4.79 Å². The number of hydrogen-bond donors (Lipinski definition) is 0.